The lowest BCUT2D eigenvalue weighted by atomic mass is 10.1. The Balaban J connectivity index is 1.68. The summed E-state index contributed by atoms with van der Waals surface area (Å²) in [5, 5.41) is 2.99. The van der Waals surface area contributed by atoms with Crippen molar-refractivity contribution in [3.05, 3.63) is 95.1 Å². The SMILES string of the molecule is O=C1c2cccnc2[C@H](Nc2cccc(C(F)(F)F)c2)N1Cc1ccc(F)cc1. The number of nitrogens with one attached hydrogen (secondary N) is 1. The molecule has 1 atom stereocenters. The molecule has 1 aromatic heterocycles. The Morgan fingerprint density at radius 2 is 1.79 bits per heavy atom. The topological polar surface area (TPSA) is 45.2 Å². The molecule has 148 valence electrons. The number of hydrogen-bond acceptors (Lipinski definition) is 3. The molecule has 0 spiro atoms. The summed E-state index contributed by atoms with van der Waals surface area (Å²) >= 11 is 0. The van der Waals surface area contributed by atoms with E-state index in [0.717, 1.165) is 12.1 Å². The third-order valence-corrected chi connectivity index (χ3v) is 4.66. The fraction of sp³-hybridized carbons (Fsp3) is 0.143. The van der Waals surface area contributed by atoms with E-state index in [2.05, 4.69) is 10.3 Å². The molecule has 29 heavy (non-hydrogen) atoms. The van der Waals surface area contributed by atoms with E-state index in [1.807, 2.05) is 0 Å². The number of halogens is 4. The summed E-state index contributed by atoms with van der Waals surface area (Å²) < 4.78 is 52.3. The van der Waals surface area contributed by atoms with Crippen molar-refractivity contribution >= 4 is 11.6 Å². The van der Waals surface area contributed by atoms with Crippen LogP contribution in [0.4, 0.5) is 23.2 Å². The van der Waals surface area contributed by atoms with Crippen LogP contribution in [0, 0.1) is 5.82 Å². The first-order valence-electron chi connectivity index (χ1n) is 8.77. The first kappa shape index (κ1) is 18.9. The highest BCUT2D eigenvalue weighted by molar-refractivity contribution is 5.98. The molecule has 1 N–H and O–H groups in total. The Hall–Kier alpha value is -3.42. The molecule has 2 heterocycles. The zero-order valence-electron chi connectivity index (χ0n) is 14.9. The van der Waals surface area contributed by atoms with Crippen molar-refractivity contribution in [3.63, 3.8) is 0 Å². The van der Waals surface area contributed by atoms with Crippen LogP contribution in [0.25, 0.3) is 0 Å². The largest absolute Gasteiger partial charge is 0.416 e. The molecule has 0 radical (unpaired) electrons. The summed E-state index contributed by atoms with van der Waals surface area (Å²) in [7, 11) is 0. The zero-order chi connectivity index (χ0) is 20.6. The fourth-order valence-electron chi connectivity index (χ4n) is 3.27. The Kier molecular flexibility index (Phi) is 4.70. The van der Waals surface area contributed by atoms with Crippen LogP contribution in [-0.2, 0) is 12.7 Å². The van der Waals surface area contributed by atoms with E-state index in [1.54, 1.807) is 24.3 Å². The molecule has 2 aromatic carbocycles. The summed E-state index contributed by atoms with van der Waals surface area (Å²) in [6.45, 7) is 0.145. The number of alkyl halides is 3. The molecule has 0 saturated heterocycles. The Morgan fingerprint density at radius 3 is 2.52 bits per heavy atom. The molecule has 1 aliphatic heterocycles. The Labute approximate surface area is 163 Å². The maximum atomic E-state index is 13.2. The van der Waals surface area contributed by atoms with E-state index in [4.69, 9.17) is 0 Å². The number of benzene rings is 2. The molecule has 4 nitrogen and oxygen atoms in total. The molecule has 0 saturated carbocycles. The fourth-order valence-corrected chi connectivity index (χ4v) is 3.27. The number of fused-ring (bicyclic) bond motifs is 1. The van der Waals surface area contributed by atoms with Crippen molar-refractivity contribution in [3.8, 4) is 0 Å². The van der Waals surface area contributed by atoms with Gasteiger partial charge in [-0.25, -0.2) is 4.39 Å². The number of hydrogen-bond donors (Lipinski definition) is 1. The molecular weight excluding hydrogens is 386 g/mol. The quantitative estimate of drug-likeness (QED) is 0.626. The average Bonchev–Trinajstić information content (AvgIpc) is 2.95. The van der Waals surface area contributed by atoms with E-state index in [1.165, 1.54) is 35.4 Å². The van der Waals surface area contributed by atoms with Gasteiger partial charge in [-0.2, -0.15) is 13.2 Å². The van der Waals surface area contributed by atoms with Crippen LogP contribution in [0.15, 0.2) is 66.9 Å². The van der Waals surface area contributed by atoms with Gasteiger partial charge in [0.2, 0.25) is 0 Å². The normalized spacial score (nSPS) is 16.1. The molecule has 3 aromatic rings. The average molecular weight is 401 g/mol. The van der Waals surface area contributed by atoms with Gasteiger partial charge in [-0.3, -0.25) is 9.78 Å². The van der Waals surface area contributed by atoms with Crippen molar-refractivity contribution in [1.82, 2.24) is 9.88 Å². The summed E-state index contributed by atoms with van der Waals surface area (Å²) in [5.41, 5.74) is 0.901. The van der Waals surface area contributed by atoms with Gasteiger partial charge < -0.3 is 10.2 Å². The van der Waals surface area contributed by atoms with Crippen molar-refractivity contribution in [1.29, 1.82) is 0 Å². The molecule has 0 fully saturated rings. The minimum atomic E-state index is -4.48. The van der Waals surface area contributed by atoms with Gasteiger partial charge >= 0.3 is 6.18 Å². The second kappa shape index (κ2) is 7.20. The van der Waals surface area contributed by atoms with E-state index in [0.29, 0.717) is 16.8 Å². The lowest BCUT2D eigenvalue weighted by Gasteiger charge is -2.27. The van der Waals surface area contributed by atoms with Crippen LogP contribution >= 0.6 is 0 Å². The smallest absolute Gasteiger partial charge is 0.360 e. The molecular formula is C21H15F4N3O. The minimum Gasteiger partial charge on any atom is -0.360 e. The number of rotatable bonds is 4. The van der Waals surface area contributed by atoms with Gasteiger partial charge in [0.15, 0.2) is 0 Å². The molecule has 4 rings (SSSR count). The van der Waals surface area contributed by atoms with Crippen LogP contribution in [0.5, 0.6) is 0 Å². The van der Waals surface area contributed by atoms with Gasteiger partial charge in [0, 0.05) is 18.4 Å². The highest BCUT2D eigenvalue weighted by Crippen LogP contribution is 2.36. The summed E-state index contributed by atoms with van der Waals surface area (Å²) in [5.74, 6) is -0.702. The third kappa shape index (κ3) is 3.78. The maximum Gasteiger partial charge on any atom is 0.416 e. The predicted octanol–water partition coefficient (Wildman–Crippen LogP) is 5.01. The Morgan fingerprint density at radius 1 is 1.03 bits per heavy atom. The highest BCUT2D eigenvalue weighted by Gasteiger charge is 2.38. The second-order valence-corrected chi connectivity index (χ2v) is 6.62. The van der Waals surface area contributed by atoms with E-state index < -0.39 is 23.7 Å². The van der Waals surface area contributed by atoms with Crippen molar-refractivity contribution in [2.45, 2.75) is 18.9 Å². The van der Waals surface area contributed by atoms with Crippen LogP contribution in [-0.4, -0.2) is 15.8 Å². The minimum absolute atomic E-state index is 0.145. The molecule has 1 amide bonds. The Bertz CT molecular complexity index is 1050. The van der Waals surface area contributed by atoms with Gasteiger partial charge in [0.1, 0.15) is 12.0 Å². The monoisotopic (exact) mass is 401 g/mol. The van der Waals surface area contributed by atoms with Crippen molar-refractivity contribution < 1.29 is 22.4 Å². The molecule has 0 unspecified atom stereocenters. The van der Waals surface area contributed by atoms with Crippen LogP contribution in [0.1, 0.15) is 33.3 Å². The highest BCUT2D eigenvalue weighted by atomic mass is 19.4. The van der Waals surface area contributed by atoms with Crippen LogP contribution in [0.3, 0.4) is 0 Å². The number of anilines is 1. The number of aromatic nitrogens is 1. The summed E-state index contributed by atoms with van der Waals surface area (Å²) in [4.78, 5) is 18.6. The lowest BCUT2D eigenvalue weighted by molar-refractivity contribution is -0.137. The first-order valence-corrected chi connectivity index (χ1v) is 8.77. The second-order valence-electron chi connectivity index (χ2n) is 6.62. The maximum absolute atomic E-state index is 13.2. The molecule has 0 bridgehead atoms. The number of pyridine rings is 1. The molecule has 8 heteroatoms. The van der Waals surface area contributed by atoms with Gasteiger partial charge in [-0.05, 0) is 48.0 Å². The summed E-state index contributed by atoms with van der Waals surface area (Å²) in [6, 6.07) is 13.7. The van der Waals surface area contributed by atoms with Gasteiger partial charge in [-0.15, -0.1) is 0 Å². The number of amides is 1. The first-order chi connectivity index (χ1) is 13.8. The number of carbonyl (C=O) groups is 1. The summed E-state index contributed by atoms with van der Waals surface area (Å²) in [6.07, 6.45) is -3.71. The predicted molar refractivity (Wildman–Crippen MR) is 98.3 cm³/mol. The zero-order valence-corrected chi connectivity index (χ0v) is 14.9. The standard InChI is InChI=1S/C21H15F4N3O/c22-15-8-6-13(7-9-15)12-28-19(18-17(20(28)29)5-2-10-26-18)27-16-4-1-3-14(11-16)21(23,24)25/h1-11,19,27H,12H2/t19-/m1/s1. The van der Waals surface area contributed by atoms with E-state index in [9.17, 15) is 22.4 Å². The number of nitrogens with zero attached hydrogens (tertiary/aromatic N) is 2. The lowest BCUT2D eigenvalue weighted by Crippen LogP contribution is -2.32. The molecule has 1 aliphatic rings. The van der Waals surface area contributed by atoms with Crippen LogP contribution in [0.2, 0.25) is 0 Å². The third-order valence-electron chi connectivity index (χ3n) is 4.66. The number of carbonyl (C=O) groups excluding carboxylic acids is 1. The van der Waals surface area contributed by atoms with E-state index in [-0.39, 0.29) is 18.1 Å². The van der Waals surface area contributed by atoms with Crippen molar-refractivity contribution in [2.24, 2.45) is 0 Å². The van der Waals surface area contributed by atoms with Gasteiger partial charge in [-0.1, -0.05) is 18.2 Å². The van der Waals surface area contributed by atoms with Crippen molar-refractivity contribution in [2.75, 3.05) is 5.32 Å². The van der Waals surface area contributed by atoms with Gasteiger partial charge in [0.05, 0.1) is 16.8 Å². The van der Waals surface area contributed by atoms with E-state index >= 15 is 0 Å². The van der Waals surface area contributed by atoms with Crippen LogP contribution < -0.4 is 5.32 Å². The molecule has 0 aliphatic carbocycles. The van der Waals surface area contributed by atoms with Gasteiger partial charge in [0.25, 0.3) is 5.91 Å².